The zero-order chi connectivity index (χ0) is 19.4. The van der Waals surface area contributed by atoms with Crippen LogP contribution in [0.5, 0.6) is 0 Å². The Bertz CT molecular complexity index is 839. The van der Waals surface area contributed by atoms with E-state index in [1.807, 2.05) is 51.1 Å². The normalized spacial score (nSPS) is 12.3. The lowest BCUT2D eigenvalue weighted by Crippen LogP contribution is -2.32. The number of rotatable bonds is 7. The van der Waals surface area contributed by atoms with Gasteiger partial charge >= 0.3 is 0 Å². The summed E-state index contributed by atoms with van der Waals surface area (Å²) in [4.78, 5) is 12.0. The number of carbonyl (C=O) groups is 1. The van der Waals surface area contributed by atoms with Crippen LogP contribution in [0, 0.1) is 5.41 Å². The molecule has 7 nitrogen and oxygen atoms in total. The van der Waals surface area contributed by atoms with E-state index in [4.69, 9.17) is 0 Å². The molecule has 2 rings (SSSR count). The minimum absolute atomic E-state index is 0.0982. The van der Waals surface area contributed by atoms with Crippen LogP contribution in [-0.2, 0) is 27.9 Å². The summed E-state index contributed by atoms with van der Waals surface area (Å²) in [7, 11) is -3.34. The van der Waals surface area contributed by atoms with Crippen LogP contribution in [0.2, 0.25) is 0 Å². The van der Waals surface area contributed by atoms with Crippen LogP contribution in [0.3, 0.4) is 0 Å². The fraction of sp³-hybridized carbons (Fsp3) is 0.444. The molecule has 26 heavy (non-hydrogen) atoms. The number of amides is 1. The summed E-state index contributed by atoms with van der Waals surface area (Å²) in [6.07, 6.45) is 4.46. The number of nitrogens with one attached hydrogen (secondary N) is 1. The molecule has 1 aromatic heterocycles. The van der Waals surface area contributed by atoms with Gasteiger partial charge in [0.25, 0.3) is 0 Å². The summed E-state index contributed by atoms with van der Waals surface area (Å²) < 4.78 is 27.2. The van der Waals surface area contributed by atoms with Crippen molar-refractivity contribution < 1.29 is 13.2 Å². The van der Waals surface area contributed by atoms with Crippen molar-refractivity contribution in [2.45, 2.75) is 33.9 Å². The van der Waals surface area contributed by atoms with E-state index in [-0.39, 0.29) is 5.91 Å². The summed E-state index contributed by atoms with van der Waals surface area (Å²) in [6.45, 7) is 6.50. The molecule has 0 radical (unpaired) electrons. The molecule has 0 aliphatic heterocycles. The van der Waals surface area contributed by atoms with Gasteiger partial charge < -0.3 is 5.32 Å². The summed E-state index contributed by atoms with van der Waals surface area (Å²) in [5.74, 6) is -0.0982. The molecule has 1 amide bonds. The predicted octanol–water partition coefficient (Wildman–Crippen LogP) is 2.33. The highest BCUT2D eigenvalue weighted by atomic mass is 32.2. The van der Waals surface area contributed by atoms with Gasteiger partial charge in [0.2, 0.25) is 15.9 Å². The minimum Gasteiger partial charge on any atom is -0.323 e. The molecule has 0 aliphatic carbocycles. The van der Waals surface area contributed by atoms with Crippen molar-refractivity contribution in [1.82, 2.24) is 14.1 Å². The number of nitrogens with zero attached hydrogens (tertiary/aromatic N) is 3. The molecule has 2 aromatic rings. The van der Waals surface area contributed by atoms with E-state index in [1.54, 1.807) is 17.1 Å². The zero-order valence-electron chi connectivity index (χ0n) is 15.6. The Morgan fingerprint density at radius 3 is 2.46 bits per heavy atom. The van der Waals surface area contributed by atoms with E-state index in [0.717, 1.165) is 5.56 Å². The van der Waals surface area contributed by atoms with Crippen LogP contribution >= 0.6 is 0 Å². The van der Waals surface area contributed by atoms with Crippen molar-refractivity contribution in [3.8, 4) is 0 Å². The molecule has 0 saturated carbocycles. The third-order valence-corrected chi connectivity index (χ3v) is 5.07. The van der Waals surface area contributed by atoms with Crippen LogP contribution in [-0.4, -0.2) is 41.2 Å². The van der Waals surface area contributed by atoms with E-state index in [9.17, 15) is 13.2 Å². The molecular formula is C18H26N4O3S. The second-order valence-electron chi connectivity index (χ2n) is 7.28. The molecule has 8 heteroatoms. The highest BCUT2D eigenvalue weighted by Gasteiger charge is 2.22. The fourth-order valence-electron chi connectivity index (χ4n) is 2.23. The van der Waals surface area contributed by atoms with Gasteiger partial charge in [0, 0.05) is 24.7 Å². The van der Waals surface area contributed by atoms with E-state index >= 15 is 0 Å². The third kappa shape index (κ3) is 5.96. The smallest absolute Gasteiger partial charge is 0.229 e. The van der Waals surface area contributed by atoms with Crippen LogP contribution in [0.1, 0.15) is 26.3 Å². The van der Waals surface area contributed by atoms with Gasteiger partial charge in [-0.3, -0.25) is 9.48 Å². The highest BCUT2D eigenvalue weighted by molar-refractivity contribution is 7.88. The molecule has 1 N–H and O–H groups in total. The van der Waals surface area contributed by atoms with Gasteiger partial charge in [0.15, 0.2) is 0 Å². The average molecular weight is 378 g/mol. The van der Waals surface area contributed by atoms with Crippen molar-refractivity contribution >= 4 is 21.6 Å². The van der Waals surface area contributed by atoms with Gasteiger partial charge in [-0.05, 0) is 5.56 Å². The number of carbonyl (C=O) groups excluding carboxylic acids is 1. The summed E-state index contributed by atoms with van der Waals surface area (Å²) >= 11 is 0. The van der Waals surface area contributed by atoms with Crippen molar-refractivity contribution in [2.75, 3.05) is 18.1 Å². The molecule has 142 valence electrons. The van der Waals surface area contributed by atoms with Crippen LogP contribution in [0.25, 0.3) is 0 Å². The molecule has 1 aromatic carbocycles. The van der Waals surface area contributed by atoms with Gasteiger partial charge in [0.05, 0.1) is 24.7 Å². The molecule has 0 atom stereocenters. The Kier molecular flexibility index (Phi) is 6.20. The maximum atomic E-state index is 12.1. The average Bonchev–Trinajstić information content (AvgIpc) is 2.98. The Balaban J connectivity index is 2.00. The van der Waals surface area contributed by atoms with Gasteiger partial charge in [-0.15, -0.1) is 0 Å². The number of anilines is 1. The largest absolute Gasteiger partial charge is 0.323 e. The van der Waals surface area contributed by atoms with E-state index in [0.29, 0.717) is 25.3 Å². The summed E-state index contributed by atoms with van der Waals surface area (Å²) in [5.41, 5.74) is 1.03. The molecule has 0 saturated heterocycles. The van der Waals surface area contributed by atoms with E-state index in [1.165, 1.54) is 10.6 Å². The van der Waals surface area contributed by atoms with Crippen LogP contribution in [0.4, 0.5) is 5.69 Å². The Morgan fingerprint density at radius 1 is 1.23 bits per heavy atom. The maximum Gasteiger partial charge on any atom is 0.229 e. The van der Waals surface area contributed by atoms with Gasteiger partial charge in [-0.2, -0.15) is 9.40 Å². The van der Waals surface area contributed by atoms with Crippen molar-refractivity contribution in [1.29, 1.82) is 0 Å². The molecule has 0 fully saturated rings. The topological polar surface area (TPSA) is 84.3 Å². The summed E-state index contributed by atoms with van der Waals surface area (Å²) in [6, 6.07) is 9.45. The molecule has 0 spiro atoms. The first kappa shape index (κ1) is 20.1. The monoisotopic (exact) mass is 378 g/mol. The van der Waals surface area contributed by atoms with E-state index < -0.39 is 15.4 Å². The van der Waals surface area contributed by atoms with Crippen molar-refractivity contribution in [2.24, 2.45) is 5.41 Å². The quantitative estimate of drug-likeness (QED) is 0.801. The fourth-order valence-corrected chi connectivity index (χ4v) is 3.03. The predicted molar refractivity (Wildman–Crippen MR) is 102 cm³/mol. The lowest BCUT2D eigenvalue weighted by atomic mass is 9.96. The SMILES string of the molecule is CC(C)(C)C(=O)Nc1cnn(CCN(Cc2ccccc2)S(C)(=O)=O)c1. The number of aromatic nitrogens is 2. The molecule has 1 heterocycles. The first-order valence-corrected chi connectivity index (χ1v) is 10.2. The van der Waals surface area contributed by atoms with Gasteiger partial charge in [0.1, 0.15) is 0 Å². The van der Waals surface area contributed by atoms with Gasteiger partial charge in [-0.25, -0.2) is 8.42 Å². The highest BCUT2D eigenvalue weighted by Crippen LogP contribution is 2.17. The second kappa shape index (κ2) is 8.01. The standard InChI is InChI=1S/C18H26N4O3S/c1-18(2,3)17(23)20-16-12-19-21(14-16)10-11-22(26(4,24)25)13-15-8-6-5-7-9-15/h5-9,12,14H,10-11,13H2,1-4H3,(H,20,23). The third-order valence-electron chi connectivity index (χ3n) is 3.82. The number of sulfonamides is 1. The number of benzene rings is 1. The first-order chi connectivity index (χ1) is 12.1. The second-order valence-corrected chi connectivity index (χ2v) is 9.26. The van der Waals surface area contributed by atoms with E-state index in [2.05, 4.69) is 10.4 Å². The molecule has 0 unspecified atom stereocenters. The maximum absolute atomic E-state index is 12.1. The zero-order valence-corrected chi connectivity index (χ0v) is 16.5. The van der Waals surface area contributed by atoms with Crippen molar-refractivity contribution in [3.63, 3.8) is 0 Å². The Labute approximate surface area is 155 Å². The Morgan fingerprint density at radius 2 is 1.88 bits per heavy atom. The Hall–Kier alpha value is -2.19. The summed E-state index contributed by atoms with van der Waals surface area (Å²) in [5, 5.41) is 7.00. The van der Waals surface area contributed by atoms with Gasteiger partial charge in [-0.1, -0.05) is 51.1 Å². The minimum atomic E-state index is -3.34. The number of hydrogen-bond donors (Lipinski definition) is 1. The first-order valence-electron chi connectivity index (χ1n) is 8.38. The van der Waals surface area contributed by atoms with Crippen molar-refractivity contribution in [3.05, 3.63) is 48.3 Å². The van der Waals surface area contributed by atoms with Crippen LogP contribution < -0.4 is 5.32 Å². The molecule has 0 bridgehead atoms. The number of hydrogen-bond acceptors (Lipinski definition) is 4. The molecular weight excluding hydrogens is 352 g/mol. The molecule has 0 aliphatic rings. The lowest BCUT2D eigenvalue weighted by Gasteiger charge is -2.20. The van der Waals surface area contributed by atoms with Crippen LogP contribution in [0.15, 0.2) is 42.7 Å². The lowest BCUT2D eigenvalue weighted by molar-refractivity contribution is -0.123.